The first-order chi connectivity index (χ1) is 8.97. The number of hydrogen-bond acceptors (Lipinski definition) is 3. The van der Waals surface area contributed by atoms with Crippen LogP contribution in [-0.4, -0.2) is 4.99 Å². The van der Waals surface area contributed by atoms with Crippen molar-refractivity contribution in [2.75, 3.05) is 5.32 Å². The fraction of sp³-hybridized carbons (Fsp3) is 0.154. The molecule has 1 aromatic heterocycles. The van der Waals surface area contributed by atoms with Gasteiger partial charge in [0.2, 0.25) is 0 Å². The van der Waals surface area contributed by atoms with Crippen LogP contribution in [-0.2, 0) is 0 Å². The third-order valence-corrected chi connectivity index (χ3v) is 4.30. The second kappa shape index (κ2) is 5.86. The van der Waals surface area contributed by atoms with Crippen molar-refractivity contribution in [2.24, 2.45) is 5.73 Å². The zero-order chi connectivity index (χ0) is 14.0. The zero-order valence-corrected chi connectivity index (χ0v) is 12.5. The van der Waals surface area contributed by atoms with Crippen LogP contribution in [0.3, 0.4) is 0 Å². The van der Waals surface area contributed by atoms with Gasteiger partial charge < -0.3 is 11.1 Å². The van der Waals surface area contributed by atoms with Crippen LogP contribution in [0.5, 0.6) is 0 Å². The van der Waals surface area contributed by atoms with Crippen molar-refractivity contribution in [2.45, 2.75) is 13.0 Å². The first kappa shape index (κ1) is 14.2. The van der Waals surface area contributed by atoms with Gasteiger partial charge in [-0.25, -0.2) is 4.39 Å². The largest absolute Gasteiger partial charge is 0.389 e. The smallest absolute Gasteiger partial charge is 0.147 e. The number of hydrogen-bond donors (Lipinski definition) is 2. The van der Waals surface area contributed by atoms with E-state index < -0.39 is 0 Å². The van der Waals surface area contributed by atoms with Gasteiger partial charge in [0, 0.05) is 10.4 Å². The lowest BCUT2D eigenvalue weighted by atomic mass is 10.1. The van der Waals surface area contributed by atoms with E-state index in [0.717, 1.165) is 4.88 Å². The average molecular weight is 315 g/mol. The number of thiophene rings is 1. The van der Waals surface area contributed by atoms with Gasteiger partial charge in [0.25, 0.3) is 0 Å². The summed E-state index contributed by atoms with van der Waals surface area (Å²) in [6.07, 6.45) is 0. The molecule has 19 heavy (non-hydrogen) atoms. The molecule has 100 valence electrons. The fourth-order valence-electron chi connectivity index (χ4n) is 1.65. The fourth-order valence-corrected chi connectivity index (χ4v) is 2.84. The van der Waals surface area contributed by atoms with Crippen molar-refractivity contribution in [3.8, 4) is 0 Å². The molecule has 0 bridgehead atoms. The molecule has 1 aromatic carbocycles. The molecule has 2 rings (SSSR count). The molecule has 2 nitrogen and oxygen atoms in total. The Labute approximate surface area is 125 Å². The number of nitrogens with one attached hydrogen (secondary N) is 1. The van der Waals surface area contributed by atoms with Gasteiger partial charge in [-0.15, -0.1) is 11.3 Å². The van der Waals surface area contributed by atoms with Crippen molar-refractivity contribution in [3.63, 3.8) is 0 Å². The number of anilines is 1. The summed E-state index contributed by atoms with van der Waals surface area (Å²) in [5, 5.41) is 3.10. The molecular weight excluding hydrogens is 303 g/mol. The van der Waals surface area contributed by atoms with Crippen LogP contribution in [0.25, 0.3) is 0 Å². The molecule has 1 atom stereocenters. The zero-order valence-electron chi connectivity index (χ0n) is 10.1. The molecule has 0 aliphatic heterocycles. The van der Waals surface area contributed by atoms with E-state index in [9.17, 15) is 4.39 Å². The topological polar surface area (TPSA) is 38.0 Å². The van der Waals surface area contributed by atoms with Crippen molar-refractivity contribution in [3.05, 3.63) is 50.9 Å². The van der Waals surface area contributed by atoms with Crippen LogP contribution >= 0.6 is 35.2 Å². The molecule has 1 unspecified atom stereocenters. The monoisotopic (exact) mass is 314 g/mol. The molecule has 0 saturated carbocycles. The Bertz CT molecular complexity index is 612. The molecule has 0 aliphatic carbocycles. The van der Waals surface area contributed by atoms with Gasteiger partial charge in [-0.1, -0.05) is 23.8 Å². The van der Waals surface area contributed by atoms with Gasteiger partial charge in [0.1, 0.15) is 10.8 Å². The summed E-state index contributed by atoms with van der Waals surface area (Å²) >= 11 is 12.2. The summed E-state index contributed by atoms with van der Waals surface area (Å²) < 4.78 is 14.6. The lowest BCUT2D eigenvalue weighted by molar-refractivity contribution is 0.627. The van der Waals surface area contributed by atoms with Crippen LogP contribution in [0.2, 0.25) is 4.34 Å². The van der Waals surface area contributed by atoms with E-state index in [1.165, 1.54) is 17.4 Å². The molecule has 1 heterocycles. The van der Waals surface area contributed by atoms with E-state index in [1.54, 1.807) is 12.1 Å². The summed E-state index contributed by atoms with van der Waals surface area (Å²) in [6.45, 7) is 1.95. The van der Waals surface area contributed by atoms with E-state index in [-0.39, 0.29) is 16.8 Å². The molecular formula is C13H12ClFN2S2. The Hall–Kier alpha value is -1.17. The van der Waals surface area contributed by atoms with E-state index in [0.29, 0.717) is 15.6 Å². The van der Waals surface area contributed by atoms with Gasteiger partial charge in [-0.2, -0.15) is 0 Å². The second-order valence-electron chi connectivity index (χ2n) is 4.07. The summed E-state index contributed by atoms with van der Waals surface area (Å²) in [4.78, 5) is 1.23. The SMILES string of the molecule is CC(Nc1ccc(C(N)=S)cc1F)c1ccc(Cl)s1. The first-order valence-electron chi connectivity index (χ1n) is 5.58. The number of halogens is 2. The minimum Gasteiger partial charge on any atom is -0.389 e. The highest BCUT2D eigenvalue weighted by atomic mass is 35.5. The van der Waals surface area contributed by atoms with Crippen LogP contribution in [0.15, 0.2) is 30.3 Å². The second-order valence-corrected chi connectivity index (χ2v) is 6.25. The van der Waals surface area contributed by atoms with Crippen molar-refractivity contribution >= 4 is 45.8 Å². The summed E-state index contributed by atoms with van der Waals surface area (Å²) in [6, 6.07) is 8.39. The maximum Gasteiger partial charge on any atom is 0.147 e. The lowest BCUT2D eigenvalue weighted by Crippen LogP contribution is -2.11. The van der Waals surface area contributed by atoms with Gasteiger partial charge in [-0.3, -0.25) is 0 Å². The number of rotatable bonds is 4. The highest BCUT2D eigenvalue weighted by Gasteiger charge is 2.11. The van der Waals surface area contributed by atoms with E-state index >= 15 is 0 Å². The molecule has 0 radical (unpaired) electrons. The summed E-state index contributed by atoms with van der Waals surface area (Å²) in [7, 11) is 0. The highest BCUT2D eigenvalue weighted by molar-refractivity contribution is 7.80. The van der Waals surface area contributed by atoms with Gasteiger partial charge in [0.05, 0.1) is 16.1 Å². The molecule has 6 heteroatoms. The third-order valence-electron chi connectivity index (χ3n) is 2.65. The van der Waals surface area contributed by atoms with Crippen LogP contribution in [0, 0.1) is 5.82 Å². The lowest BCUT2D eigenvalue weighted by Gasteiger charge is -2.14. The van der Waals surface area contributed by atoms with E-state index in [1.807, 2.05) is 19.1 Å². The maximum atomic E-state index is 13.9. The third kappa shape index (κ3) is 3.43. The summed E-state index contributed by atoms with van der Waals surface area (Å²) in [5.74, 6) is -0.375. The Balaban J connectivity index is 2.17. The Morgan fingerprint density at radius 2 is 2.16 bits per heavy atom. The first-order valence-corrected chi connectivity index (χ1v) is 7.19. The highest BCUT2D eigenvalue weighted by Crippen LogP contribution is 2.29. The minimum absolute atomic E-state index is 0.0253. The Morgan fingerprint density at radius 1 is 1.42 bits per heavy atom. The molecule has 2 aromatic rings. The molecule has 0 amide bonds. The average Bonchev–Trinajstić information content (AvgIpc) is 2.78. The van der Waals surface area contributed by atoms with E-state index in [4.69, 9.17) is 29.6 Å². The number of thiocarbonyl (C=S) groups is 1. The maximum absolute atomic E-state index is 13.9. The molecule has 0 fully saturated rings. The Kier molecular flexibility index (Phi) is 4.39. The van der Waals surface area contributed by atoms with Crippen molar-refractivity contribution in [1.82, 2.24) is 0 Å². The van der Waals surface area contributed by atoms with E-state index in [2.05, 4.69) is 5.32 Å². The normalized spacial score (nSPS) is 12.2. The number of nitrogens with two attached hydrogens (primary N) is 1. The van der Waals surface area contributed by atoms with Crippen LogP contribution in [0.4, 0.5) is 10.1 Å². The van der Waals surface area contributed by atoms with Crippen molar-refractivity contribution in [1.29, 1.82) is 0 Å². The van der Waals surface area contributed by atoms with Crippen molar-refractivity contribution < 1.29 is 4.39 Å². The standard InChI is InChI=1S/C13H12ClFN2S2/c1-7(11-4-5-12(14)19-11)17-10-3-2-8(13(16)18)6-9(10)15/h2-7,17H,1H3,(H2,16,18). The molecule has 3 N–H and O–H groups in total. The van der Waals surface area contributed by atoms with Crippen LogP contribution < -0.4 is 11.1 Å². The van der Waals surface area contributed by atoms with Crippen LogP contribution in [0.1, 0.15) is 23.4 Å². The minimum atomic E-state index is -0.375. The predicted molar refractivity (Wildman–Crippen MR) is 83.7 cm³/mol. The Morgan fingerprint density at radius 3 is 2.68 bits per heavy atom. The van der Waals surface area contributed by atoms with Gasteiger partial charge in [-0.05, 0) is 37.3 Å². The predicted octanol–water partition coefficient (Wildman–Crippen LogP) is 4.35. The van der Waals surface area contributed by atoms with Gasteiger partial charge in [0.15, 0.2) is 0 Å². The van der Waals surface area contributed by atoms with Gasteiger partial charge >= 0.3 is 0 Å². The molecule has 0 spiro atoms. The molecule has 0 saturated heterocycles. The quantitative estimate of drug-likeness (QED) is 0.824. The molecule has 0 aliphatic rings. The number of benzene rings is 1. The summed E-state index contributed by atoms with van der Waals surface area (Å²) in [5.41, 5.74) is 6.39.